The molecule has 0 aromatic heterocycles. The van der Waals surface area contributed by atoms with Crippen molar-refractivity contribution in [1.82, 2.24) is 9.80 Å². The van der Waals surface area contributed by atoms with Crippen LogP contribution in [0, 0.1) is 5.82 Å². The van der Waals surface area contributed by atoms with Crippen molar-refractivity contribution >= 4 is 23.4 Å². The fraction of sp³-hybridized carbons (Fsp3) is 0.619. The van der Waals surface area contributed by atoms with Crippen LogP contribution in [-0.4, -0.2) is 57.5 Å². The van der Waals surface area contributed by atoms with E-state index in [4.69, 9.17) is 11.6 Å². The van der Waals surface area contributed by atoms with Gasteiger partial charge in [-0.15, -0.1) is 0 Å². The van der Waals surface area contributed by atoms with Crippen LogP contribution < -0.4 is 0 Å². The van der Waals surface area contributed by atoms with Gasteiger partial charge in [-0.05, 0) is 69.6 Å². The molecule has 5 nitrogen and oxygen atoms in total. The number of piperidine rings is 1. The van der Waals surface area contributed by atoms with Gasteiger partial charge in [-0.25, -0.2) is 4.39 Å². The smallest absolute Gasteiger partial charge is 0.254 e. The number of likely N-dealkylation sites (tertiary alicyclic amines) is 2. The van der Waals surface area contributed by atoms with Gasteiger partial charge in [-0.2, -0.15) is 0 Å². The number of aliphatic hydroxyl groups excluding tert-OH is 1. The Morgan fingerprint density at radius 3 is 2.46 bits per heavy atom. The Hall–Kier alpha value is -1.66. The molecule has 7 heteroatoms. The molecule has 2 saturated heterocycles. The van der Waals surface area contributed by atoms with Crippen LogP contribution in [0.4, 0.5) is 4.39 Å². The summed E-state index contributed by atoms with van der Waals surface area (Å²) >= 11 is 5.94. The van der Waals surface area contributed by atoms with E-state index >= 15 is 0 Å². The molecule has 2 aliphatic heterocycles. The standard InChI is InChI=1S/C21H26ClFN2O3/c22-15-11-14(12-16(23)13-15)19(27)25-10-2-8-21(25)7-1-9-24(20(21)28)17-3-5-18(26)6-4-17/h11-13,17-18,26H,1-10H2. The van der Waals surface area contributed by atoms with Crippen LogP contribution in [0.5, 0.6) is 0 Å². The van der Waals surface area contributed by atoms with E-state index in [0.717, 1.165) is 25.7 Å². The van der Waals surface area contributed by atoms with Gasteiger partial charge in [-0.3, -0.25) is 9.59 Å². The molecule has 1 atom stereocenters. The van der Waals surface area contributed by atoms with Gasteiger partial charge in [0.1, 0.15) is 11.4 Å². The van der Waals surface area contributed by atoms with Crippen molar-refractivity contribution in [2.24, 2.45) is 0 Å². The van der Waals surface area contributed by atoms with Crippen molar-refractivity contribution in [1.29, 1.82) is 0 Å². The first-order valence-corrected chi connectivity index (χ1v) is 10.6. The molecule has 1 aromatic rings. The monoisotopic (exact) mass is 408 g/mol. The van der Waals surface area contributed by atoms with Crippen LogP contribution in [0.3, 0.4) is 0 Å². The molecule has 2 heterocycles. The summed E-state index contributed by atoms with van der Waals surface area (Å²) < 4.78 is 13.8. The molecule has 4 rings (SSSR count). The summed E-state index contributed by atoms with van der Waals surface area (Å²) in [5.41, 5.74) is -0.638. The quantitative estimate of drug-likeness (QED) is 0.816. The number of carbonyl (C=O) groups excluding carboxylic acids is 2. The summed E-state index contributed by atoms with van der Waals surface area (Å²) in [5.74, 6) is -0.858. The van der Waals surface area contributed by atoms with E-state index < -0.39 is 11.4 Å². The van der Waals surface area contributed by atoms with E-state index in [0.29, 0.717) is 38.8 Å². The second-order valence-corrected chi connectivity index (χ2v) is 8.75. The third kappa shape index (κ3) is 3.41. The summed E-state index contributed by atoms with van der Waals surface area (Å²) in [7, 11) is 0. The first-order valence-electron chi connectivity index (χ1n) is 10.2. The maximum absolute atomic E-state index is 13.8. The van der Waals surface area contributed by atoms with E-state index in [1.165, 1.54) is 18.2 Å². The Morgan fingerprint density at radius 1 is 1.11 bits per heavy atom. The number of aliphatic hydroxyl groups is 1. The summed E-state index contributed by atoms with van der Waals surface area (Å²) in [6.45, 7) is 1.20. The maximum Gasteiger partial charge on any atom is 0.254 e. The molecule has 1 aromatic carbocycles. The number of rotatable bonds is 2. The largest absolute Gasteiger partial charge is 0.393 e. The van der Waals surface area contributed by atoms with Crippen LogP contribution in [-0.2, 0) is 4.79 Å². The average molecular weight is 409 g/mol. The summed E-state index contributed by atoms with van der Waals surface area (Å²) in [4.78, 5) is 30.4. The van der Waals surface area contributed by atoms with Crippen LogP contribution in [0.15, 0.2) is 18.2 Å². The normalized spacial score (nSPS) is 30.9. The topological polar surface area (TPSA) is 60.9 Å². The lowest BCUT2D eigenvalue weighted by molar-refractivity contribution is -0.149. The van der Waals surface area contributed by atoms with Gasteiger partial charge in [0.25, 0.3) is 5.91 Å². The van der Waals surface area contributed by atoms with Crippen molar-refractivity contribution in [2.75, 3.05) is 13.1 Å². The molecule has 3 fully saturated rings. The van der Waals surface area contributed by atoms with Crippen molar-refractivity contribution < 1.29 is 19.1 Å². The maximum atomic E-state index is 13.8. The summed E-state index contributed by atoms with van der Waals surface area (Å²) in [6, 6.07) is 3.96. The third-order valence-corrected chi connectivity index (χ3v) is 6.82. The van der Waals surface area contributed by atoms with E-state index in [1.807, 2.05) is 4.90 Å². The fourth-order valence-electron chi connectivity index (χ4n) is 5.23. The van der Waals surface area contributed by atoms with Gasteiger partial charge in [0.15, 0.2) is 0 Å². The minimum Gasteiger partial charge on any atom is -0.393 e. The van der Waals surface area contributed by atoms with Crippen molar-refractivity contribution in [3.63, 3.8) is 0 Å². The van der Waals surface area contributed by atoms with Gasteiger partial charge in [0, 0.05) is 29.7 Å². The zero-order chi connectivity index (χ0) is 19.9. The Labute approximate surface area is 169 Å². The highest BCUT2D eigenvalue weighted by atomic mass is 35.5. The lowest BCUT2D eigenvalue weighted by atomic mass is 9.82. The molecule has 0 bridgehead atoms. The number of amides is 2. The van der Waals surface area contributed by atoms with E-state index in [2.05, 4.69) is 0 Å². The van der Waals surface area contributed by atoms with Gasteiger partial charge in [0.05, 0.1) is 6.10 Å². The zero-order valence-electron chi connectivity index (χ0n) is 15.9. The van der Waals surface area contributed by atoms with Crippen molar-refractivity contribution in [2.45, 2.75) is 69.1 Å². The predicted octanol–water partition coefficient (Wildman–Crippen LogP) is 3.38. The zero-order valence-corrected chi connectivity index (χ0v) is 16.6. The molecule has 1 unspecified atom stereocenters. The second-order valence-electron chi connectivity index (χ2n) is 8.31. The fourth-order valence-corrected chi connectivity index (χ4v) is 5.45. The highest BCUT2D eigenvalue weighted by molar-refractivity contribution is 6.31. The molecule has 1 spiro atoms. The molecular weight excluding hydrogens is 383 g/mol. The SMILES string of the molecule is O=C(c1cc(F)cc(Cl)c1)N1CCCC12CCCN(C1CCC(O)CC1)C2=O. The Bertz CT molecular complexity index is 761. The Morgan fingerprint density at radius 2 is 1.79 bits per heavy atom. The number of nitrogens with zero attached hydrogens (tertiary/aromatic N) is 2. The Balaban J connectivity index is 1.59. The number of hydrogen-bond acceptors (Lipinski definition) is 3. The van der Waals surface area contributed by atoms with E-state index in [9.17, 15) is 19.1 Å². The molecule has 1 N–H and O–H groups in total. The first kappa shape index (κ1) is 19.6. The second kappa shape index (κ2) is 7.64. The Kier molecular flexibility index (Phi) is 5.36. The summed E-state index contributed by atoms with van der Waals surface area (Å²) in [6.07, 6.45) is 5.66. The van der Waals surface area contributed by atoms with E-state index in [1.54, 1.807) is 4.90 Å². The van der Waals surface area contributed by atoms with Gasteiger partial charge in [0.2, 0.25) is 5.91 Å². The molecule has 152 valence electrons. The van der Waals surface area contributed by atoms with Gasteiger partial charge < -0.3 is 14.9 Å². The number of carbonyl (C=O) groups is 2. The highest BCUT2D eigenvalue weighted by Crippen LogP contribution is 2.41. The van der Waals surface area contributed by atoms with Crippen LogP contribution in [0.1, 0.15) is 61.7 Å². The molecule has 1 saturated carbocycles. The lowest BCUT2D eigenvalue weighted by Gasteiger charge is -2.48. The molecule has 3 aliphatic rings. The van der Waals surface area contributed by atoms with Crippen LogP contribution >= 0.6 is 11.6 Å². The summed E-state index contributed by atoms with van der Waals surface area (Å²) in [5, 5.41) is 9.96. The van der Waals surface area contributed by atoms with Crippen molar-refractivity contribution in [3.8, 4) is 0 Å². The molecular formula is C21H26ClFN2O3. The van der Waals surface area contributed by atoms with Crippen LogP contribution in [0.2, 0.25) is 5.02 Å². The van der Waals surface area contributed by atoms with Crippen molar-refractivity contribution in [3.05, 3.63) is 34.6 Å². The van der Waals surface area contributed by atoms with Gasteiger partial charge >= 0.3 is 0 Å². The average Bonchev–Trinajstić information content (AvgIpc) is 3.08. The lowest BCUT2D eigenvalue weighted by Crippen LogP contribution is -2.63. The minimum atomic E-state index is -0.829. The molecule has 0 radical (unpaired) electrons. The minimum absolute atomic E-state index is 0.0217. The number of hydrogen-bond donors (Lipinski definition) is 1. The molecule has 1 aliphatic carbocycles. The van der Waals surface area contributed by atoms with Crippen LogP contribution in [0.25, 0.3) is 0 Å². The van der Waals surface area contributed by atoms with E-state index in [-0.39, 0.29) is 34.5 Å². The predicted molar refractivity (Wildman–Crippen MR) is 104 cm³/mol. The molecule has 2 amide bonds. The molecule has 28 heavy (non-hydrogen) atoms. The highest BCUT2D eigenvalue weighted by Gasteiger charge is 2.53. The third-order valence-electron chi connectivity index (χ3n) is 6.60. The number of halogens is 2. The first-order chi connectivity index (χ1) is 13.4. The number of benzene rings is 1. The van der Waals surface area contributed by atoms with Gasteiger partial charge in [-0.1, -0.05) is 11.6 Å².